The van der Waals surface area contributed by atoms with E-state index in [0.29, 0.717) is 4.57 Å². The van der Waals surface area contributed by atoms with E-state index in [1.54, 1.807) is 0 Å². The molecule has 0 radical (unpaired) electrons. The lowest BCUT2D eigenvalue weighted by Crippen LogP contribution is -2.29. The van der Waals surface area contributed by atoms with Gasteiger partial charge in [-0.2, -0.15) is 4.98 Å². The Kier molecular flexibility index (Phi) is 3.79. The maximum Gasteiger partial charge on any atom is 0.362 e. The van der Waals surface area contributed by atoms with Crippen LogP contribution in [-0.2, 0) is 9.53 Å². The summed E-state index contributed by atoms with van der Waals surface area (Å²) in [7, 11) is 0. The molecule has 0 aromatic carbocycles. The topological polar surface area (TPSA) is 61.2 Å². The van der Waals surface area contributed by atoms with Gasteiger partial charge in [0.1, 0.15) is 0 Å². The van der Waals surface area contributed by atoms with Crippen LogP contribution in [0.1, 0.15) is 13.2 Å². The molecule has 0 saturated heterocycles. The number of ether oxygens (including phenoxy) is 1. The van der Waals surface area contributed by atoms with Crippen LogP contribution in [0.25, 0.3) is 0 Å². The van der Waals surface area contributed by atoms with E-state index < -0.39 is 18.0 Å². The molecule has 1 heterocycles. The van der Waals surface area contributed by atoms with Gasteiger partial charge in [-0.05, 0) is 6.92 Å². The van der Waals surface area contributed by atoms with Gasteiger partial charge in [-0.15, -0.1) is 0 Å². The zero-order chi connectivity index (χ0) is 11.4. The third-order valence-electron chi connectivity index (χ3n) is 1.51. The number of carbonyl (C=O) groups excluding carboxylic acids is 1. The normalized spacial score (nSPS) is 12.2. The number of halogens is 2. The molecular weight excluding hydrogens is 227 g/mol. The van der Waals surface area contributed by atoms with Crippen molar-refractivity contribution in [3.05, 3.63) is 27.9 Å². The van der Waals surface area contributed by atoms with Gasteiger partial charge in [-0.1, -0.05) is 11.6 Å². The van der Waals surface area contributed by atoms with E-state index in [1.165, 1.54) is 6.92 Å². The minimum Gasteiger partial charge on any atom is -0.462 e. The molecule has 0 bridgehead atoms. The molecule has 7 heteroatoms. The molecule has 0 N–H and O–H groups in total. The standard InChI is InChI=1S/C8H8ClFN2O3/c1-2-15-7(13)6(10)12-4-5(9)3-11-8(12)14/h3-4,6H,2H2,1H3. The van der Waals surface area contributed by atoms with E-state index in [1.807, 2.05) is 0 Å². The molecule has 1 rings (SSSR count). The van der Waals surface area contributed by atoms with Gasteiger partial charge in [-0.25, -0.2) is 14.0 Å². The van der Waals surface area contributed by atoms with Crippen molar-refractivity contribution in [1.82, 2.24) is 9.55 Å². The Morgan fingerprint density at radius 3 is 3.07 bits per heavy atom. The molecule has 0 aliphatic rings. The number of rotatable bonds is 3. The fraction of sp³-hybridized carbons (Fsp3) is 0.375. The lowest BCUT2D eigenvalue weighted by molar-refractivity contribution is -0.153. The van der Waals surface area contributed by atoms with Crippen molar-refractivity contribution in [2.75, 3.05) is 6.61 Å². The number of nitrogens with zero attached hydrogens (tertiary/aromatic N) is 2. The van der Waals surface area contributed by atoms with Crippen molar-refractivity contribution in [3.8, 4) is 0 Å². The smallest absolute Gasteiger partial charge is 0.362 e. The summed E-state index contributed by atoms with van der Waals surface area (Å²) in [5.74, 6) is -1.15. The largest absolute Gasteiger partial charge is 0.462 e. The summed E-state index contributed by atoms with van der Waals surface area (Å²) in [6.07, 6.45) is -0.167. The van der Waals surface area contributed by atoms with E-state index >= 15 is 0 Å². The third-order valence-corrected chi connectivity index (χ3v) is 1.70. The Morgan fingerprint density at radius 1 is 1.80 bits per heavy atom. The molecule has 1 unspecified atom stereocenters. The molecule has 15 heavy (non-hydrogen) atoms. The predicted molar refractivity (Wildman–Crippen MR) is 50.3 cm³/mol. The summed E-state index contributed by atoms with van der Waals surface area (Å²) in [5.41, 5.74) is -0.903. The van der Waals surface area contributed by atoms with Gasteiger partial charge < -0.3 is 4.74 Å². The molecule has 82 valence electrons. The van der Waals surface area contributed by atoms with Gasteiger partial charge in [0.25, 0.3) is 6.30 Å². The molecule has 0 spiro atoms. The number of aromatic nitrogens is 2. The first-order valence-corrected chi connectivity index (χ1v) is 4.48. The predicted octanol–water partition coefficient (Wildman–Crippen LogP) is 0.928. The Bertz CT molecular complexity index is 421. The lowest BCUT2D eigenvalue weighted by atomic mass is 10.5. The number of esters is 1. The van der Waals surface area contributed by atoms with E-state index in [4.69, 9.17) is 11.6 Å². The number of hydrogen-bond donors (Lipinski definition) is 0. The molecule has 0 aliphatic heterocycles. The van der Waals surface area contributed by atoms with Crippen LogP contribution in [0, 0.1) is 0 Å². The van der Waals surface area contributed by atoms with Crippen molar-refractivity contribution in [2.45, 2.75) is 13.2 Å². The van der Waals surface area contributed by atoms with Gasteiger partial charge in [0.05, 0.1) is 17.8 Å². The first-order chi connectivity index (χ1) is 7.06. The van der Waals surface area contributed by atoms with Gasteiger partial charge in [-0.3, -0.25) is 4.57 Å². The maximum atomic E-state index is 13.3. The maximum absolute atomic E-state index is 13.3. The highest BCUT2D eigenvalue weighted by atomic mass is 35.5. The van der Waals surface area contributed by atoms with E-state index in [2.05, 4.69) is 9.72 Å². The highest BCUT2D eigenvalue weighted by molar-refractivity contribution is 6.30. The zero-order valence-electron chi connectivity index (χ0n) is 7.81. The van der Waals surface area contributed by atoms with E-state index in [0.717, 1.165) is 12.4 Å². The summed E-state index contributed by atoms with van der Waals surface area (Å²) in [6, 6.07) is 0. The van der Waals surface area contributed by atoms with Gasteiger partial charge in [0.15, 0.2) is 0 Å². The lowest BCUT2D eigenvalue weighted by Gasteiger charge is -2.09. The van der Waals surface area contributed by atoms with Crippen LogP contribution >= 0.6 is 11.6 Å². The van der Waals surface area contributed by atoms with Crippen molar-refractivity contribution < 1.29 is 13.9 Å². The second-order valence-electron chi connectivity index (χ2n) is 2.55. The van der Waals surface area contributed by atoms with Gasteiger partial charge in [0.2, 0.25) is 0 Å². The molecular formula is C8H8ClFN2O3. The molecule has 1 atom stereocenters. The van der Waals surface area contributed by atoms with Crippen molar-refractivity contribution in [1.29, 1.82) is 0 Å². The first kappa shape index (κ1) is 11.6. The second-order valence-corrected chi connectivity index (χ2v) is 2.99. The number of alkyl halides is 1. The quantitative estimate of drug-likeness (QED) is 0.730. The van der Waals surface area contributed by atoms with Crippen molar-refractivity contribution in [2.24, 2.45) is 0 Å². The fourth-order valence-corrected chi connectivity index (χ4v) is 1.05. The van der Waals surface area contributed by atoms with E-state index in [-0.39, 0.29) is 11.6 Å². The molecule has 0 aliphatic carbocycles. The molecule has 0 fully saturated rings. The summed E-state index contributed by atoms with van der Waals surface area (Å²) < 4.78 is 18.2. The summed E-state index contributed by atoms with van der Waals surface area (Å²) in [4.78, 5) is 25.3. The SMILES string of the molecule is CCOC(=O)C(F)n1cc(Cl)cnc1=O. The number of hydrogen-bond acceptors (Lipinski definition) is 4. The Balaban J connectivity index is 3.00. The molecule has 0 saturated carbocycles. The first-order valence-electron chi connectivity index (χ1n) is 4.10. The minimum absolute atomic E-state index is 0.0298. The van der Waals surface area contributed by atoms with E-state index in [9.17, 15) is 14.0 Å². The van der Waals surface area contributed by atoms with Crippen molar-refractivity contribution in [3.63, 3.8) is 0 Å². The molecule has 1 aromatic rings. The average Bonchev–Trinajstić information content (AvgIpc) is 2.21. The van der Waals surface area contributed by atoms with Crippen molar-refractivity contribution >= 4 is 17.6 Å². The summed E-state index contributed by atoms with van der Waals surface area (Å²) in [5, 5.41) is 0.0570. The number of carbonyl (C=O) groups is 1. The Labute approximate surface area is 89.4 Å². The molecule has 5 nitrogen and oxygen atoms in total. The Morgan fingerprint density at radius 2 is 2.47 bits per heavy atom. The molecule has 1 aromatic heterocycles. The second kappa shape index (κ2) is 4.88. The Hall–Kier alpha value is -1.43. The summed E-state index contributed by atoms with van der Waals surface area (Å²) >= 11 is 5.50. The summed E-state index contributed by atoms with van der Waals surface area (Å²) in [6.45, 7) is 1.56. The highest BCUT2D eigenvalue weighted by Crippen LogP contribution is 2.10. The monoisotopic (exact) mass is 234 g/mol. The van der Waals surface area contributed by atoms with Crippen LogP contribution in [0.3, 0.4) is 0 Å². The van der Waals surface area contributed by atoms with Crippen LogP contribution in [0.5, 0.6) is 0 Å². The van der Waals surface area contributed by atoms with Crippen LogP contribution < -0.4 is 5.69 Å². The van der Waals surface area contributed by atoms with Crippen LogP contribution in [0.15, 0.2) is 17.2 Å². The molecule has 0 amide bonds. The fourth-order valence-electron chi connectivity index (χ4n) is 0.892. The third kappa shape index (κ3) is 2.76. The highest BCUT2D eigenvalue weighted by Gasteiger charge is 2.22. The minimum atomic E-state index is -2.22. The van der Waals surface area contributed by atoms with Crippen LogP contribution in [0.2, 0.25) is 5.02 Å². The zero-order valence-corrected chi connectivity index (χ0v) is 8.57. The van der Waals surface area contributed by atoms with Gasteiger partial charge in [0, 0.05) is 6.20 Å². The average molecular weight is 235 g/mol. The van der Waals surface area contributed by atoms with Crippen LogP contribution in [0.4, 0.5) is 4.39 Å². The van der Waals surface area contributed by atoms with Gasteiger partial charge >= 0.3 is 11.7 Å². The van der Waals surface area contributed by atoms with Crippen LogP contribution in [-0.4, -0.2) is 22.1 Å².